The molecule has 2 heteroatoms. The number of hydrogen-bond donors (Lipinski definition) is 0. The van der Waals surface area contributed by atoms with Crippen LogP contribution in [0.2, 0.25) is 0 Å². The second-order valence-electron chi connectivity index (χ2n) is 10.9. The van der Waals surface area contributed by atoms with E-state index < -0.39 is 0 Å². The first-order valence-corrected chi connectivity index (χ1v) is 9.77. The summed E-state index contributed by atoms with van der Waals surface area (Å²) in [4.78, 5) is 4.78. The fraction of sp³-hybridized carbons (Fsp3) is 1.00. The number of piperidine rings is 1. The average Bonchev–Trinajstić information content (AvgIpc) is 2.35. The second-order valence-corrected chi connectivity index (χ2v) is 10.9. The van der Waals surface area contributed by atoms with Crippen molar-refractivity contribution in [2.75, 3.05) is 21.1 Å². The quantitative estimate of drug-likeness (QED) is 0.629. The van der Waals surface area contributed by atoms with Crippen LogP contribution in [-0.4, -0.2) is 48.1 Å². The molecule has 0 unspecified atom stereocenters. The van der Waals surface area contributed by atoms with Gasteiger partial charge in [-0.3, -0.25) is 4.90 Å². The molecule has 0 saturated carbocycles. The lowest BCUT2D eigenvalue weighted by atomic mass is 9.46. The summed E-state index contributed by atoms with van der Waals surface area (Å²) in [6, 6.07) is 0.685. The van der Waals surface area contributed by atoms with Crippen molar-refractivity contribution < 1.29 is 0 Å². The Bertz CT molecular complexity index is 366. The largest absolute Gasteiger partial charge is 0.307 e. The van der Waals surface area contributed by atoms with Crippen LogP contribution in [0.1, 0.15) is 83.1 Å². The molecular weight excluding hydrogens is 292 g/mol. The molecule has 0 N–H and O–H groups in total. The third kappa shape index (κ3) is 3.85. The number of rotatable bonds is 2. The van der Waals surface area contributed by atoms with Gasteiger partial charge < -0.3 is 4.90 Å². The van der Waals surface area contributed by atoms with E-state index in [4.69, 9.17) is 0 Å². The Morgan fingerprint density at radius 3 is 1.12 bits per heavy atom. The van der Waals surface area contributed by atoms with Crippen molar-refractivity contribution >= 4 is 0 Å². The van der Waals surface area contributed by atoms with E-state index >= 15 is 0 Å². The molecule has 0 aliphatic carbocycles. The Hall–Kier alpha value is -0.0800. The highest BCUT2D eigenvalue weighted by Crippen LogP contribution is 2.62. The molecule has 0 aromatic rings. The Morgan fingerprint density at radius 2 is 0.958 bits per heavy atom. The van der Waals surface area contributed by atoms with Gasteiger partial charge in [0.15, 0.2) is 0 Å². The molecule has 0 bridgehead atoms. The summed E-state index contributed by atoms with van der Waals surface area (Å²) in [5.41, 5.74) is 1.02. The lowest BCUT2D eigenvalue weighted by molar-refractivity contribution is -0.210. The van der Waals surface area contributed by atoms with Gasteiger partial charge in [-0.2, -0.15) is 0 Å². The van der Waals surface area contributed by atoms with Gasteiger partial charge in [0.25, 0.3) is 0 Å². The van der Waals surface area contributed by atoms with Gasteiger partial charge >= 0.3 is 0 Å². The van der Waals surface area contributed by atoms with E-state index in [1.807, 2.05) is 0 Å². The van der Waals surface area contributed by atoms with Crippen LogP contribution in [0.3, 0.4) is 0 Å². The van der Waals surface area contributed by atoms with Gasteiger partial charge in [-0.15, -0.1) is 0 Å². The number of likely N-dealkylation sites (tertiary alicyclic amines) is 1. The topological polar surface area (TPSA) is 6.48 Å². The highest BCUT2D eigenvalue weighted by molar-refractivity contribution is 5.15. The molecule has 0 aromatic carbocycles. The minimum absolute atomic E-state index is 0.209. The Labute approximate surface area is 154 Å². The zero-order valence-electron chi connectivity index (χ0n) is 19.6. The summed E-state index contributed by atoms with van der Waals surface area (Å²) in [6.45, 7) is 28.6. The molecule has 0 radical (unpaired) electrons. The van der Waals surface area contributed by atoms with Crippen molar-refractivity contribution in [2.24, 2.45) is 22.7 Å². The van der Waals surface area contributed by atoms with Crippen molar-refractivity contribution in [2.45, 2.75) is 100 Å². The summed E-state index contributed by atoms with van der Waals surface area (Å²) in [5, 5.41) is 0. The van der Waals surface area contributed by atoms with Gasteiger partial charge in [0.1, 0.15) is 0 Å². The molecule has 0 spiro atoms. The van der Waals surface area contributed by atoms with Gasteiger partial charge in [0, 0.05) is 17.1 Å². The van der Waals surface area contributed by atoms with Gasteiger partial charge in [-0.1, -0.05) is 41.5 Å². The summed E-state index contributed by atoms with van der Waals surface area (Å²) in [5.74, 6) is 1.42. The van der Waals surface area contributed by atoms with Gasteiger partial charge in [-0.05, 0) is 85.4 Å². The van der Waals surface area contributed by atoms with E-state index in [9.17, 15) is 0 Å². The molecule has 1 heterocycles. The Morgan fingerprint density at radius 1 is 0.708 bits per heavy atom. The summed E-state index contributed by atoms with van der Waals surface area (Å²) in [6.07, 6.45) is 0. The van der Waals surface area contributed by atoms with Crippen LogP contribution >= 0.6 is 0 Å². The monoisotopic (exact) mass is 340 g/mol. The maximum Gasteiger partial charge on any atom is 0.0209 e. The number of nitrogens with zero attached hydrogens (tertiary/aromatic N) is 2. The predicted octanol–water partition coefficient (Wildman–Crippen LogP) is 5.77. The van der Waals surface area contributed by atoms with Gasteiger partial charge in [-0.25, -0.2) is 0 Å². The predicted molar refractivity (Wildman–Crippen MR) is 111 cm³/mol. The van der Waals surface area contributed by atoms with E-state index in [-0.39, 0.29) is 11.1 Å². The highest BCUT2D eigenvalue weighted by atomic mass is 15.3. The fourth-order valence-electron chi connectivity index (χ4n) is 4.89. The number of hydrogen-bond acceptors (Lipinski definition) is 2. The van der Waals surface area contributed by atoms with Crippen molar-refractivity contribution in [3.05, 3.63) is 0 Å². The van der Waals surface area contributed by atoms with E-state index in [0.29, 0.717) is 28.7 Å². The summed E-state index contributed by atoms with van der Waals surface area (Å²) in [7, 11) is 6.45. The fourth-order valence-corrected chi connectivity index (χ4v) is 4.89. The van der Waals surface area contributed by atoms with E-state index in [1.54, 1.807) is 0 Å². The molecule has 1 aliphatic rings. The van der Waals surface area contributed by atoms with Crippen LogP contribution in [0, 0.1) is 22.7 Å². The normalized spacial score (nSPS) is 25.8. The second kappa shape index (κ2) is 7.27. The first kappa shape index (κ1) is 23.9. The zero-order chi connectivity index (χ0) is 19.9. The zero-order valence-corrected chi connectivity index (χ0v) is 19.6. The first-order valence-electron chi connectivity index (χ1n) is 9.77. The van der Waals surface area contributed by atoms with Crippen LogP contribution in [-0.2, 0) is 0 Å². The maximum absolute atomic E-state index is 2.61. The van der Waals surface area contributed by atoms with Gasteiger partial charge in [0.05, 0.1) is 0 Å². The third-order valence-electron chi connectivity index (χ3n) is 8.09. The molecule has 1 rings (SSSR count). The smallest absolute Gasteiger partial charge is 0.0209 e. The Kier molecular flexibility index (Phi) is 7.25. The molecule has 1 aliphatic heterocycles. The Balaban J connectivity index is 0.000000754. The lowest BCUT2D eigenvalue weighted by Crippen LogP contribution is -2.74. The van der Waals surface area contributed by atoms with Crippen molar-refractivity contribution in [1.82, 2.24) is 9.80 Å². The molecule has 1 fully saturated rings. The van der Waals surface area contributed by atoms with Crippen LogP contribution in [0.4, 0.5) is 0 Å². The van der Waals surface area contributed by atoms with Crippen LogP contribution in [0.25, 0.3) is 0 Å². The average molecular weight is 341 g/mol. The van der Waals surface area contributed by atoms with Crippen molar-refractivity contribution in [1.29, 1.82) is 0 Å². The minimum atomic E-state index is 0.209. The van der Waals surface area contributed by atoms with Crippen molar-refractivity contribution in [3.63, 3.8) is 0 Å². The van der Waals surface area contributed by atoms with Crippen LogP contribution in [0.5, 0.6) is 0 Å². The highest BCUT2D eigenvalue weighted by Gasteiger charge is 2.63. The molecule has 146 valence electrons. The minimum Gasteiger partial charge on any atom is -0.307 e. The van der Waals surface area contributed by atoms with E-state index in [1.165, 1.54) is 0 Å². The summed E-state index contributed by atoms with van der Waals surface area (Å²) >= 11 is 0. The maximum atomic E-state index is 2.61. The van der Waals surface area contributed by atoms with Crippen LogP contribution in [0.15, 0.2) is 0 Å². The van der Waals surface area contributed by atoms with E-state index in [2.05, 4.69) is 114 Å². The molecule has 1 saturated heterocycles. The SMILES string of the molecule is CC(C)C1C(C)(C)C(C)(C)N(C)C(C)(C)C1(C)C.CC(C)N(C)C. The first-order chi connectivity index (χ1) is 10.4. The van der Waals surface area contributed by atoms with Crippen molar-refractivity contribution in [3.8, 4) is 0 Å². The molecule has 0 amide bonds. The molecule has 24 heavy (non-hydrogen) atoms. The molecular formula is C22H48N2. The molecule has 0 atom stereocenters. The standard InChI is InChI=1S/C17H35N.C5H13N/c1-12(2)13-14(3,4)16(7,8)18(11)17(9,10)15(13,5)6;1-5(2)6(3)4/h12-13H,1-11H3;5H,1-4H3. The van der Waals surface area contributed by atoms with Crippen LogP contribution < -0.4 is 0 Å². The molecule has 2 nitrogen and oxygen atoms in total. The van der Waals surface area contributed by atoms with Gasteiger partial charge in [0.2, 0.25) is 0 Å². The molecule has 0 aromatic heterocycles. The lowest BCUT2D eigenvalue weighted by Gasteiger charge is -2.70. The summed E-state index contributed by atoms with van der Waals surface area (Å²) < 4.78 is 0. The third-order valence-corrected chi connectivity index (χ3v) is 8.09. The van der Waals surface area contributed by atoms with E-state index in [0.717, 1.165) is 0 Å².